The number of amides is 1. The van der Waals surface area contributed by atoms with Crippen LogP contribution in [0.5, 0.6) is 0 Å². The number of hydrogen-bond acceptors (Lipinski definition) is 2. The third-order valence-electron chi connectivity index (χ3n) is 2.53. The van der Waals surface area contributed by atoms with Crippen LogP contribution in [0, 0.1) is 12.8 Å². The topological polar surface area (TPSA) is 49.0 Å². The molecule has 2 rings (SSSR count). The second kappa shape index (κ2) is 4.25. The number of H-pyrrole nitrogens is 1. The number of hydrogen-bond donors (Lipinski definition) is 1. The van der Waals surface area contributed by atoms with Crippen molar-refractivity contribution in [2.45, 2.75) is 13.3 Å². The van der Waals surface area contributed by atoms with E-state index in [9.17, 15) is 4.79 Å². The first-order valence-corrected chi connectivity index (χ1v) is 6.61. The van der Waals surface area contributed by atoms with Crippen molar-refractivity contribution in [2.75, 3.05) is 16.8 Å². The zero-order valence-corrected chi connectivity index (χ0v) is 11.4. The van der Waals surface area contributed by atoms with E-state index in [4.69, 9.17) is 0 Å². The summed E-state index contributed by atoms with van der Waals surface area (Å²) < 4.78 is 0.881. The molecule has 1 N–H and O–H groups in total. The second-order valence-corrected chi connectivity index (χ2v) is 5.16. The van der Waals surface area contributed by atoms with Gasteiger partial charge in [-0.15, -0.1) is 0 Å². The minimum atomic E-state index is 0.145. The van der Waals surface area contributed by atoms with Crippen LogP contribution in [0.25, 0.3) is 0 Å². The summed E-state index contributed by atoms with van der Waals surface area (Å²) >= 11 is 6.84. The molecule has 1 aromatic rings. The van der Waals surface area contributed by atoms with Gasteiger partial charge >= 0.3 is 0 Å². The van der Waals surface area contributed by atoms with Crippen molar-refractivity contribution >= 4 is 43.6 Å². The highest BCUT2D eigenvalue weighted by Crippen LogP contribution is 2.31. The number of carbonyl (C=O) groups is 1. The number of aromatic nitrogens is 2. The third kappa shape index (κ3) is 1.97. The Balaban J connectivity index is 2.25. The molecule has 1 aliphatic rings. The molecule has 1 saturated heterocycles. The van der Waals surface area contributed by atoms with Crippen molar-refractivity contribution in [1.29, 1.82) is 0 Å². The summed E-state index contributed by atoms with van der Waals surface area (Å²) in [5.41, 5.74) is 0.945. The maximum absolute atomic E-state index is 11.7. The lowest BCUT2D eigenvalue weighted by Gasteiger charge is -2.13. The predicted molar refractivity (Wildman–Crippen MR) is 65.3 cm³/mol. The molecule has 4 nitrogen and oxygen atoms in total. The molecule has 82 valence electrons. The number of aromatic amines is 1. The first kappa shape index (κ1) is 11.1. The van der Waals surface area contributed by atoms with Crippen LogP contribution in [-0.4, -0.2) is 28.0 Å². The lowest BCUT2D eigenvalue weighted by atomic mass is 10.2. The number of alkyl halides is 1. The summed E-state index contributed by atoms with van der Waals surface area (Å²) in [6, 6.07) is 0. The summed E-state index contributed by atoms with van der Waals surface area (Å²) in [5, 5.41) is 7.86. The fourth-order valence-electron chi connectivity index (χ4n) is 1.67. The first-order valence-electron chi connectivity index (χ1n) is 4.70. The Labute approximate surface area is 105 Å². The molecule has 2 heterocycles. The van der Waals surface area contributed by atoms with Crippen LogP contribution in [0.1, 0.15) is 12.1 Å². The van der Waals surface area contributed by atoms with Crippen molar-refractivity contribution in [3.05, 3.63) is 10.2 Å². The van der Waals surface area contributed by atoms with Gasteiger partial charge in [-0.2, -0.15) is 5.10 Å². The van der Waals surface area contributed by atoms with E-state index in [1.807, 2.05) is 6.92 Å². The zero-order valence-electron chi connectivity index (χ0n) is 8.26. The molecule has 1 fully saturated rings. The van der Waals surface area contributed by atoms with Crippen molar-refractivity contribution in [1.82, 2.24) is 10.2 Å². The molecule has 0 radical (unpaired) electrons. The van der Waals surface area contributed by atoms with Crippen molar-refractivity contribution in [3.8, 4) is 0 Å². The van der Waals surface area contributed by atoms with Gasteiger partial charge in [0.2, 0.25) is 5.91 Å². The van der Waals surface area contributed by atoms with Crippen LogP contribution in [0.15, 0.2) is 4.47 Å². The minimum Gasteiger partial charge on any atom is -0.294 e. The molecule has 0 aromatic carbocycles. The maximum Gasteiger partial charge on any atom is 0.228 e. The smallest absolute Gasteiger partial charge is 0.228 e. The minimum absolute atomic E-state index is 0.145. The average Bonchev–Trinajstić information content (AvgIpc) is 2.73. The second-order valence-electron chi connectivity index (χ2n) is 3.71. The molecule has 1 amide bonds. The fraction of sp³-hybridized carbons (Fsp3) is 0.556. The molecule has 6 heteroatoms. The molecule has 1 aliphatic heterocycles. The Morgan fingerprint density at radius 2 is 2.40 bits per heavy atom. The van der Waals surface area contributed by atoms with Crippen molar-refractivity contribution in [2.24, 2.45) is 5.92 Å². The molecule has 15 heavy (non-hydrogen) atoms. The van der Waals surface area contributed by atoms with Gasteiger partial charge in [0.25, 0.3) is 0 Å². The predicted octanol–water partition coefficient (Wildman–Crippen LogP) is 2.23. The van der Waals surface area contributed by atoms with E-state index in [0.717, 1.165) is 22.0 Å². The zero-order chi connectivity index (χ0) is 11.0. The van der Waals surface area contributed by atoms with E-state index < -0.39 is 0 Å². The number of aryl methyl sites for hydroxylation is 1. The van der Waals surface area contributed by atoms with Gasteiger partial charge in [0.15, 0.2) is 5.82 Å². The largest absolute Gasteiger partial charge is 0.294 e. The first-order chi connectivity index (χ1) is 7.13. The number of nitrogens with one attached hydrogen (secondary N) is 1. The highest BCUT2D eigenvalue weighted by atomic mass is 79.9. The number of halogens is 2. The Morgan fingerprint density at radius 3 is 2.87 bits per heavy atom. The Bertz CT molecular complexity index is 391. The molecular formula is C9H11Br2N3O. The fourth-order valence-corrected chi connectivity index (χ4v) is 2.50. The molecule has 1 unspecified atom stereocenters. The van der Waals surface area contributed by atoms with E-state index in [1.165, 1.54) is 0 Å². The van der Waals surface area contributed by atoms with Crippen molar-refractivity contribution in [3.63, 3.8) is 0 Å². The Kier molecular flexibility index (Phi) is 3.16. The average molecular weight is 337 g/mol. The molecule has 1 aromatic heterocycles. The number of anilines is 1. The Morgan fingerprint density at radius 1 is 1.67 bits per heavy atom. The van der Waals surface area contributed by atoms with Crippen LogP contribution in [-0.2, 0) is 4.79 Å². The lowest BCUT2D eigenvalue weighted by molar-refractivity contribution is -0.117. The molecule has 0 bridgehead atoms. The molecule has 0 spiro atoms. The third-order valence-corrected chi connectivity index (χ3v) is 4.40. The van der Waals surface area contributed by atoms with E-state index in [-0.39, 0.29) is 5.91 Å². The van der Waals surface area contributed by atoms with E-state index in [2.05, 4.69) is 42.1 Å². The summed E-state index contributed by atoms with van der Waals surface area (Å²) in [7, 11) is 0. The van der Waals surface area contributed by atoms with E-state index in [0.29, 0.717) is 18.2 Å². The van der Waals surface area contributed by atoms with Gasteiger partial charge in [0.1, 0.15) is 0 Å². The molecular weight excluding hydrogens is 326 g/mol. The van der Waals surface area contributed by atoms with Crippen LogP contribution in [0.4, 0.5) is 5.82 Å². The summed E-state index contributed by atoms with van der Waals surface area (Å²) in [5.74, 6) is 1.24. The summed E-state index contributed by atoms with van der Waals surface area (Å²) in [6.45, 7) is 2.66. The molecule has 0 aliphatic carbocycles. The molecule has 0 saturated carbocycles. The van der Waals surface area contributed by atoms with E-state index >= 15 is 0 Å². The quantitative estimate of drug-likeness (QED) is 0.842. The Hall–Kier alpha value is -0.360. The van der Waals surface area contributed by atoms with Crippen LogP contribution in [0.2, 0.25) is 0 Å². The number of nitrogens with zero attached hydrogens (tertiary/aromatic N) is 2. The molecule has 1 atom stereocenters. The van der Waals surface area contributed by atoms with E-state index in [1.54, 1.807) is 4.90 Å². The standard InChI is InChI=1S/C9H11Br2N3O/c1-5-8(11)9(13-12-5)14-4-6(3-10)2-7(14)15/h6H,2-4H2,1H3,(H,12,13). The summed E-state index contributed by atoms with van der Waals surface area (Å²) in [6.07, 6.45) is 0.601. The maximum atomic E-state index is 11.7. The van der Waals surface area contributed by atoms with Gasteiger partial charge in [-0.3, -0.25) is 14.8 Å². The van der Waals surface area contributed by atoms with Gasteiger partial charge in [-0.05, 0) is 28.8 Å². The van der Waals surface area contributed by atoms with Gasteiger partial charge in [0.05, 0.1) is 4.47 Å². The lowest BCUT2D eigenvalue weighted by Crippen LogP contribution is -2.25. The van der Waals surface area contributed by atoms with Gasteiger partial charge < -0.3 is 0 Å². The van der Waals surface area contributed by atoms with Gasteiger partial charge in [0, 0.05) is 24.0 Å². The SMILES string of the molecule is Cc1[nH]nc(N2CC(CBr)CC2=O)c1Br. The number of rotatable bonds is 2. The summed E-state index contributed by atoms with van der Waals surface area (Å²) in [4.78, 5) is 13.5. The van der Waals surface area contributed by atoms with Crippen molar-refractivity contribution < 1.29 is 4.79 Å². The highest BCUT2D eigenvalue weighted by molar-refractivity contribution is 9.10. The number of carbonyl (C=O) groups excluding carboxylic acids is 1. The van der Waals surface area contributed by atoms with Crippen LogP contribution in [0.3, 0.4) is 0 Å². The van der Waals surface area contributed by atoms with Crippen LogP contribution < -0.4 is 4.90 Å². The van der Waals surface area contributed by atoms with Gasteiger partial charge in [-0.1, -0.05) is 15.9 Å². The normalized spacial score (nSPS) is 21.4. The van der Waals surface area contributed by atoms with Gasteiger partial charge in [-0.25, -0.2) is 0 Å². The monoisotopic (exact) mass is 335 g/mol. The van der Waals surface area contributed by atoms with Crippen LogP contribution >= 0.6 is 31.9 Å². The highest BCUT2D eigenvalue weighted by Gasteiger charge is 2.32.